The van der Waals surface area contributed by atoms with Gasteiger partial charge in [-0.1, -0.05) is 6.07 Å². The summed E-state index contributed by atoms with van der Waals surface area (Å²) in [5, 5.41) is 2.76. The summed E-state index contributed by atoms with van der Waals surface area (Å²) in [6.45, 7) is 1.94. The number of methoxy groups -OCH3 is 2. The number of benzene rings is 2. The molecule has 0 saturated heterocycles. The summed E-state index contributed by atoms with van der Waals surface area (Å²) in [5.74, 6) is 1.56. The normalized spacial score (nSPS) is 10.0. The molecular formula is C20H24N2O5. The quantitative estimate of drug-likeness (QED) is 0.732. The van der Waals surface area contributed by atoms with Crippen LogP contribution in [-0.4, -0.2) is 50.6 Å². The van der Waals surface area contributed by atoms with Crippen molar-refractivity contribution in [2.45, 2.75) is 6.92 Å². The van der Waals surface area contributed by atoms with E-state index in [1.165, 1.54) is 11.8 Å². The second-order valence-electron chi connectivity index (χ2n) is 5.74. The average molecular weight is 372 g/mol. The lowest BCUT2D eigenvalue weighted by Gasteiger charge is -2.20. The van der Waals surface area contributed by atoms with E-state index in [1.807, 2.05) is 0 Å². The van der Waals surface area contributed by atoms with Crippen molar-refractivity contribution in [3.63, 3.8) is 0 Å². The zero-order valence-electron chi connectivity index (χ0n) is 15.7. The molecule has 0 aliphatic rings. The van der Waals surface area contributed by atoms with Crippen molar-refractivity contribution in [3.05, 3.63) is 48.5 Å². The van der Waals surface area contributed by atoms with E-state index < -0.39 is 0 Å². The zero-order valence-corrected chi connectivity index (χ0v) is 15.7. The summed E-state index contributed by atoms with van der Waals surface area (Å²) in [4.78, 5) is 25.5. The van der Waals surface area contributed by atoms with Crippen LogP contribution in [0, 0.1) is 0 Å². The summed E-state index contributed by atoms with van der Waals surface area (Å²) in [5.41, 5.74) is 0.609. The summed E-state index contributed by atoms with van der Waals surface area (Å²) in [7, 11) is 3.15. The number of carbonyl (C=O) groups is 2. The monoisotopic (exact) mass is 372 g/mol. The lowest BCUT2D eigenvalue weighted by molar-refractivity contribution is -0.133. The summed E-state index contributed by atoms with van der Waals surface area (Å²) in [6, 6.07) is 14.2. The van der Waals surface area contributed by atoms with Crippen LogP contribution in [0.3, 0.4) is 0 Å². The van der Waals surface area contributed by atoms with Crippen LogP contribution in [0.15, 0.2) is 48.5 Å². The predicted octanol–water partition coefficient (Wildman–Crippen LogP) is 2.57. The van der Waals surface area contributed by atoms with Gasteiger partial charge in [-0.2, -0.15) is 0 Å². The van der Waals surface area contributed by atoms with Crippen molar-refractivity contribution >= 4 is 17.5 Å². The summed E-state index contributed by atoms with van der Waals surface area (Å²) in [6.07, 6.45) is 0. The Morgan fingerprint density at radius 3 is 2.26 bits per heavy atom. The molecule has 1 N–H and O–H groups in total. The highest BCUT2D eigenvalue weighted by molar-refractivity contribution is 5.94. The highest BCUT2D eigenvalue weighted by Gasteiger charge is 2.14. The van der Waals surface area contributed by atoms with Gasteiger partial charge in [0, 0.05) is 18.7 Å². The molecule has 0 bridgehead atoms. The van der Waals surface area contributed by atoms with Crippen molar-refractivity contribution < 1.29 is 23.8 Å². The Labute approximate surface area is 158 Å². The molecule has 0 radical (unpaired) electrons. The highest BCUT2D eigenvalue weighted by atomic mass is 16.5. The van der Waals surface area contributed by atoms with E-state index in [1.54, 1.807) is 62.8 Å². The third kappa shape index (κ3) is 6.54. The number of hydrogen-bond donors (Lipinski definition) is 1. The molecule has 0 heterocycles. The van der Waals surface area contributed by atoms with Crippen LogP contribution in [0.25, 0.3) is 0 Å². The molecule has 0 saturated carbocycles. The molecule has 2 rings (SSSR count). The number of amides is 2. The second kappa shape index (κ2) is 10.1. The molecule has 0 aliphatic carbocycles. The van der Waals surface area contributed by atoms with Crippen molar-refractivity contribution in [2.75, 3.05) is 39.2 Å². The first kappa shape index (κ1) is 20.1. The fourth-order valence-electron chi connectivity index (χ4n) is 2.37. The van der Waals surface area contributed by atoms with Gasteiger partial charge < -0.3 is 24.4 Å². The van der Waals surface area contributed by atoms with Gasteiger partial charge in [0.25, 0.3) is 0 Å². The van der Waals surface area contributed by atoms with E-state index in [-0.39, 0.29) is 25.0 Å². The topological polar surface area (TPSA) is 77.1 Å². The van der Waals surface area contributed by atoms with Gasteiger partial charge in [0.1, 0.15) is 23.9 Å². The van der Waals surface area contributed by atoms with E-state index in [9.17, 15) is 9.59 Å². The maximum absolute atomic E-state index is 12.2. The van der Waals surface area contributed by atoms with E-state index in [0.29, 0.717) is 23.7 Å². The van der Waals surface area contributed by atoms with E-state index in [0.717, 1.165) is 5.75 Å². The number of nitrogens with one attached hydrogen (secondary N) is 1. The van der Waals surface area contributed by atoms with Crippen LogP contribution in [0.4, 0.5) is 5.69 Å². The van der Waals surface area contributed by atoms with E-state index in [4.69, 9.17) is 14.2 Å². The number of nitrogens with zero attached hydrogens (tertiary/aromatic N) is 1. The predicted molar refractivity (Wildman–Crippen MR) is 102 cm³/mol. The maximum Gasteiger partial charge on any atom is 0.244 e. The molecule has 0 unspecified atom stereocenters. The molecule has 0 aliphatic heterocycles. The minimum Gasteiger partial charge on any atom is -0.497 e. The van der Waals surface area contributed by atoms with Gasteiger partial charge >= 0.3 is 0 Å². The van der Waals surface area contributed by atoms with Crippen molar-refractivity contribution in [1.82, 2.24) is 4.90 Å². The fraction of sp³-hybridized carbons (Fsp3) is 0.300. The molecule has 0 aromatic heterocycles. The Morgan fingerprint density at radius 2 is 1.63 bits per heavy atom. The molecule has 2 aromatic rings. The van der Waals surface area contributed by atoms with Gasteiger partial charge in [0.15, 0.2) is 0 Å². The average Bonchev–Trinajstić information content (AvgIpc) is 2.67. The first-order valence-electron chi connectivity index (χ1n) is 8.48. The van der Waals surface area contributed by atoms with Crippen molar-refractivity contribution in [1.29, 1.82) is 0 Å². The number of carbonyl (C=O) groups excluding carboxylic acids is 2. The van der Waals surface area contributed by atoms with Gasteiger partial charge in [0.05, 0.1) is 27.3 Å². The standard InChI is InChI=1S/C20H24N2O5/c1-15(23)22(11-12-27-18-9-7-17(25-2)8-10-18)14-20(24)21-16-5-4-6-19(13-16)26-3/h4-10,13H,11-12,14H2,1-3H3,(H,21,24). The van der Waals surface area contributed by atoms with Crippen LogP contribution in [0.5, 0.6) is 17.2 Å². The Bertz CT molecular complexity index is 761. The number of ether oxygens (including phenoxy) is 3. The van der Waals surface area contributed by atoms with Gasteiger partial charge in [-0.05, 0) is 36.4 Å². The third-order valence-electron chi connectivity index (χ3n) is 3.82. The zero-order chi connectivity index (χ0) is 19.6. The van der Waals surface area contributed by atoms with Crippen LogP contribution in [-0.2, 0) is 9.59 Å². The minimum atomic E-state index is -0.289. The lowest BCUT2D eigenvalue weighted by Crippen LogP contribution is -2.39. The van der Waals surface area contributed by atoms with Crippen LogP contribution < -0.4 is 19.5 Å². The summed E-state index contributed by atoms with van der Waals surface area (Å²) < 4.78 is 15.8. The molecule has 7 heteroatoms. The van der Waals surface area contributed by atoms with Crippen LogP contribution >= 0.6 is 0 Å². The number of anilines is 1. The smallest absolute Gasteiger partial charge is 0.244 e. The Kier molecular flexibility index (Phi) is 7.49. The SMILES string of the molecule is COc1ccc(OCCN(CC(=O)Nc2cccc(OC)c2)C(C)=O)cc1. The Hall–Kier alpha value is -3.22. The second-order valence-corrected chi connectivity index (χ2v) is 5.74. The van der Waals surface area contributed by atoms with Gasteiger partial charge in [-0.15, -0.1) is 0 Å². The summed E-state index contributed by atoms with van der Waals surface area (Å²) >= 11 is 0. The molecule has 0 fully saturated rings. The lowest BCUT2D eigenvalue weighted by atomic mass is 10.3. The number of rotatable bonds is 9. The first-order chi connectivity index (χ1) is 13.0. The molecule has 0 atom stereocenters. The molecular weight excluding hydrogens is 348 g/mol. The third-order valence-corrected chi connectivity index (χ3v) is 3.82. The van der Waals surface area contributed by atoms with Crippen molar-refractivity contribution in [2.24, 2.45) is 0 Å². The Balaban J connectivity index is 1.84. The van der Waals surface area contributed by atoms with Gasteiger partial charge in [-0.3, -0.25) is 9.59 Å². The van der Waals surface area contributed by atoms with Crippen LogP contribution in [0.1, 0.15) is 6.92 Å². The minimum absolute atomic E-state index is 0.0570. The fourth-order valence-corrected chi connectivity index (χ4v) is 2.37. The molecule has 7 nitrogen and oxygen atoms in total. The van der Waals surface area contributed by atoms with Crippen LogP contribution in [0.2, 0.25) is 0 Å². The maximum atomic E-state index is 12.2. The Morgan fingerprint density at radius 1 is 0.963 bits per heavy atom. The van der Waals surface area contributed by atoms with Crippen molar-refractivity contribution in [3.8, 4) is 17.2 Å². The van der Waals surface area contributed by atoms with Gasteiger partial charge in [-0.25, -0.2) is 0 Å². The van der Waals surface area contributed by atoms with Gasteiger partial charge in [0.2, 0.25) is 11.8 Å². The molecule has 144 valence electrons. The van der Waals surface area contributed by atoms with E-state index in [2.05, 4.69) is 5.32 Å². The molecule has 27 heavy (non-hydrogen) atoms. The number of hydrogen-bond acceptors (Lipinski definition) is 5. The van der Waals surface area contributed by atoms with E-state index >= 15 is 0 Å². The first-order valence-corrected chi connectivity index (χ1v) is 8.48. The molecule has 2 amide bonds. The highest BCUT2D eigenvalue weighted by Crippen LogP contribution is 2.17. The largest absolute Gasteiger partial charge is 0.497 e. The molecule has 0 spiro atoms. The molecule has 2 aromatic carbocycles.